The van der Waals surface area contributed by atoms with Crippen LogP contribution in [0.1, 0.15) is 17.2 Å². The number of hydrogen-bond acceptors (Lipinski definition) is 5. The van der Waals surface area contributed by atoms with Gasteiger partial charge in [-0.3, -0.25) is 14.5 Å². The number of alkyl halides is 3. The van der Waals surface area contributed by atoms with E-state index in [-0.39, 0.29) is 18.3 Å². The number of amides is 2. The van der Waals surface area contributed by atoms with Crippen molar-refractivity contribution in [2.24, 2.45) is 0 Å². The first-order valence-electron chi connectivity index (χ1n) is 9.45. The third kappa shape index (κ3) is 5.80. The van der Waals surface area contributed by atoms with Crippen molar-refractivity contribution in [3.8, 4) is 0 Å². The molecule has 0 bridgehead atoms. The quantitative estimate of drug-likeness (QED) is 0.702. The minimum Gasteiger partial charge on any atom is -0.346 e. The molecule has 1 aliphatic heterocycles. The molecular formula is C20H23F3N4O2S. The number of likely N-dealkylation sites (N-methyl/N-ethyl adjacent to an activating group) is 1. The second kappa shape index (κ2) is 9.59. The second-order valence-corrected chi connectivity index (χ2v) is 7.93. The lowest BCUT2D eigenvalue weighted by Gasteiger charge is -2.37. The molecule has 0 aliphatic carbocycles. The highest BCUT2D eigenvalue weighted by Crippen LogP contribution is 2.29. The molecular weight excluding hydrogens is 417 g/mol. The highest BCUT2D eigenvalue weighted by Gasteiger charge is 2.30. The van der Waals surface area contributed by atoms with E-state index in [1.165, 1.54) is 0 Å². The first-order valence-corrected chi connectivity index (χ1v) is 10.4. The van der Waals surface area contributed by atoms with Crippen LogP contribution in [0.4, 0.5) is 18.9 Å². The van der Waals surface area contributed by atoms with E-state index in [1.807, 2.05) is 16.8 Å². The number of anilines is 1. The van der Waals surface area contributed by atoms with Gasteiger partial charge in [-0.05, 0) is 53.7 Å². The van der Waals surface area contributed by atoms with Gasteiger partial charge >= 0.3 is 18.0 Å². The summed E-state index contributed by atoms with van der Waals surface area (Å²) in [5.74, 6) is -1.75. The number of halogens is 3. The Bertz CT molecular complexity index is 848. The van der Waals surface area contributed by atoms with Crippen molar-refractivity contribution in [3.05, 3.63) is 52.2 Å². The zero-order valence-corrected chi connectivity index (χ0v) is 17.2. The molecule has 30 heavy (non-hydrogen) atoms. The fraction of sp³-hybridized carbons (Fsp3) is 0.400. The Kier molecular flexibility index (Phi) is 7.11. The largest absolute Gasteiger partial charge is 0.416 e. The number of nitrogens with zero attached hydrogens (tertiary/aromatic N) is 2. The van der Waals surface area contributed by atoms with Gasteiger partial charge in [-0.1, -0.05) is 0 Å². The lowest BCUT2D eigenvalue weighted by Crippen LogP contribution is -2.49. The molecule has 6 nitrogen and oxygen atoms in total. The third-order valence-corrected chi connectivity index (χ3v) is 5.74. The van der Waals surface area contributed by atoms with E-state index < -0.39 is 23.6 Å². The molecule has 2 N–H and O–H groups in total. The number of thiophene rings is 1. The molecule has 0 unspecified atom stereocenters. The minimum absolute atomic E-state index is 0.0484. The fourth-order valence-electron chi connectivity index (χ4n) is 3.26. The summed E-state index contributed by atoms with van der Waals surface area (Å²) < 4.78 is 37.9. The number of carbonyl (C=O) groups excluding carboxylic acids is 2. The molecule has 2 heterocycles. The number of piperazine rings is 1. The summed E-state index contributed by atoms with van der Waals surface area (Å²) in [7, 11) is 2.06. The molecule has 2 aromatic rings. The maximum Gasteiger partial charge on any atom is 0.416 e. The normalized spacial score (nSPS) is 16.8. The average molecular weight is 440 g/mol. The monoisotopic (exact) mass is 440 g/mol. The molecule has 1 saturated heterocycles. The Hall–Kier alpha value is -2.43. The number of nitrogens with one attached hydrogen (secondary N) is 2. The van der Waals surface area contributed by atoms with Gasteiger partial charge in [0.15, 0.2) is 0 Å². The van der Waals surface area contributed by atoms with Crippen LogP contribution in [0, 0.1) is 0 Å². The van der Waals surface area contributed by atoms with Crippen molar-refractivity contribution in [2.45, 2.75) is 12.2 Å². The van der Waals surface area contributed by atoms with Crippen LogP contribution < -0.4 is 10.6 Å². The Balaban J connectivity index is 1.57. The molecule has 0 radical (unpaired) electrons. The smallest absolute Gasteiger partial charge is 0.346 e. The lowest BCUT2D eigenvalue weighted by molar-refractivity contribution is -0.137. The van der Waals surface area contributed by atoms with Crippen LogP contribution in [-0.2, 0) is 15.8 Å². The van der Waals surface area contributed by atoms with E-state index in [1.54, 1.807) is 11.3 Å². The predicted molar refractivity (Wildman–Crippen MR) is 109 cm³/mol. The predicted octanol–water partition coefficient (Wildman–Crippen LogP) is 2.81. The van der Waals surface area contributed by atoms with Crippen LogP contribution in [-0.4, -0.2) is 61.4 Å². The van der Waals surface area contributed by atoms with Gasteiger partial charge in [0.1, 0.15) is 0 Å². The van der Waals surface area contributed by atoms with E-state index in [9.17, 15) is 22.8 Å². The van der Waals surface area contributed by atoms with Crippen LogP contribution >= 0.6 is 11.3 Å². The maximum atomic E-state index is 12.6. The third-order valence-electron chi connectivity index (χ3n) is 5.04. The van der Waals surface area contributed by atoms with Crippen molar-refractivity contribution in [1.29, 1.82) is 0 Å². The minimum atomic E-state index is -4.46. The zero-order chi connectivity index (χ0) is 21.7. The standard InChI is InChI=1S/C20H23F3N4O2S/c1-26-7-9-27(10-8-26)17(14-6-11-30-13-14)12-24-18(28)19(29)25-16-4-2-15(3-5-16)20(21,22)23/h2-6,11,13,17H,7-10,12H2,1H3,(H,24,28)(H,25,29)/t17-/m0/s1. The van der Waals surface area contributed by atoms with Gasteiger partial charge < -0.3 is 15.5 Å². The number of benzene rings is 1. The molecule has 1 aromatic carbocycles. The molecule has 10 heteroatoms. The van der Waals surface area contributed by atoms with E-state index >= 15 is 0 Å². The van der Waals surface area contributed by atoms with E-state index in [0.717, 1.165) is 56.0 Å². The summed E-state index contributed by atoms with van der Waals surface area (Å²) in [6.07, 6.45) is -4.46. The summed E-state index contributed by atoms with van der Waals surface area (Å²) in [6.45, 7) is 3.81. The van der Waals surface area contributed by atoms with Crippen LogP contribution in [0.3, 0.4) is 0 Å². The molecule has 3 rings (SSSR count). The molecule has 2 amide bonds. The Labute approximate surface area is 176 Å². The van der Waals surface area contributed by atoms with Crippen LogP contribution in [0.25, 0.3) is 0 Å². The van der Waals surface area contributed by atoms with Crippen LogP contribution in [0.5, 0.6) is 0 Å². The molecule has 162 valence electrons. The zero-order valence-electron chi connectivity index (χ0n) is 16.4. The Morgan fingerprint density at radius 2 is 1.73 bits per heavy atom. The van der Waals surface area contributed by atoms with Gasteiger partial charge in [0, 0.05) is 38.4 Å². The summed E-state index contributed by atoms with van der Waals surface area (Å²) in [5, 5.41) is 8.98. The van der Waals surface area contributed by atoms with Crippen molar-refractivity contribution in [3.63, 3.8) is 0 Å². The summed E-state index contributed by atoms with van der Waals surface area (Å²) >= 11 is 1.57. The highest BCUT2D eigenvalue weighted by atomic mass is 32.1. The van der Waals surface area contributed by atoms with Crippen molar-refractivity contribution in [2.75, 3.05) is 45.1 Å². The number of hydrogen-bond donors (Lipinski definition) is 2. The highest BCUT2D eigenvalue weighted by molar-refractivity contribution is 7.08. The van der Waals surface area contributed by atoms with E-state index in [2.05, 4.69) is 27.5 Å². The molecule has 1 aromatic heterocycles. The fourth-order valence-corrected chi connectivity index (χ4v) is 3.96. The van der Waals surface area contributed by atoms with Gasteiger partial charge in [0.2, 0.25) is 0 Å². The van der Waals surface area contributed by atoms with E-state index in [0.29, 0.717) is 0 Å². The SMILES string of the molecule is CN1CCN([C@@H](CNC(=O)C(=O)Nc2ccc(C(F)(F)F)cc2)c2ccsc2)CC1. The van der Waals surface area contributed by atoms with Gasteiger partial charge in [-0.2, -0.15) is 24.5 Å². The van der Waals surface area contributed by atoms with E-state index in [4.69, 9.17) is 0 Å². The van der Waals surface area contributed by atoms with Gasteiger partial charge in [0.05, 0.1) is 11.6 Å². The molecule has 0 saturated carbocycles. The summed E-state index contributed by atoms with van der Waals surface area (Å²) in [6, 6.07) is 5.90. The Morgan fingerprint density at radius 3 is 2.30 bits per heavy atom. The molecule has 1 aliphatic rings. The lowest BCUT2D eigenvalue weighted by atomic mass is 10.1. The average Bonchev–Trinajstić information content (AvgIpc) is 3.23. The second-order valence-electron chi connectivity index (χ2n) is 7.15. The van der Waals surface area contributed by atoms with Crippen LogP contribution in [0.2, 0.25) is 0 Å². The van der Waals surface area contributed by atoms with Gasteiger partial charge in [0.25, 0.3) is 0 Å². The van der Waals surface area contributed by atoms with Gasteiger partial charge in [-0.15, -0.1) is 0 Å². The topological polar surface area (TPSA) is 64.7 Å². The first kappa shape index (κ1) is 22.3. The molecule has 1 fully saturated rings. The number of carbonyl (C=O) groups is 2. The summed E-state index contributed by atoms with van der Waals surface area (Å²) in [5.41, 5.74) is 0.375. The first-order chi connectivity index (χ1) is 14.2. The summed E-state index contributed by atoms with van der Waals surface area (Å²) in [4.78, 5) is 28.9. The Morgan fingerprint density at radius 1 is 1.07 bits per heavy atom. The van der Waals surface area contributed by atoms with Crippen molar-refractivity contribution in [1.82, 2.24) is 15.1 Å². The molecule has 1 atom stereocenters. The van der Waals surface area contributed by atoms with Crippen LogP contribution in [0.15, 0.2) is 41.1 Å². The van der Waals surface area contributed by atoms with Crippen molar-refractivity contribution >= 4 is 28.8 Å². The number of rotatable bonds is 5. The maximum absolute atomic E-state index is 12.6. The van der Waals surface area contributed by atoms with Gasteiger partial charge in [-0.25, -0.2) is 0 Å². The molecule has 0 spiro atoms. The van der Waals surface area contributed by atoms with Crippen molar-refractivity contribution < 1.29 is 22.8 Å².